The van der Waals surface area contributed by atoms with E-state index in [2.05, 4.69) is 6.07 Å². The van der Waals surface area contributed by atoms with Crippen LogP contribution in [-0.4, -0.2) is 25.3 Å². The summed E-state index contributed by atoms with van der Waals surface area (Å²) in [5, 5.41) is 0. The summed E-state index contributed by atoms with van der Waals surface area (Å²) in [7, 11) is 11.4. The highest BCUT2D eigenvalue weighted by Crippen LogP contribution is 2.04. The van der Waals surface area contributed by atoms with Gasteiger partial charge in [-0.15, -0.1) is 0 Å². The number of hydrogen-bond donors (Lipinski definition) is 0. The fourth-order valence-corrected chi connectivity index (χ4v) is 0.504. The molecule has 0 aliphatic rings. The highest BCUT2D eigenvalue weighted by atomic mass is 35.6. The molecule has 0 heterocycles. The van der Waals surface area contributed by atoms with Gasteiger partial charge in [0.15, 0.2) is 0 Å². The summed E-state index contributed by atoms with van der Waals surface area (Å²) in [6, 6.07) is 10.3. The second-order valence-corrected chi connectivity index (χ2v) is 4.17. The van der Waals surface area contributed by atoms with Crippen LogP contribution in [0.2, 0.25) is 0 Å². The molecule has 0 aliphatic carbocycles. The monoisotopic (exact) mass is 201 g/mol. The largest absolute Gasteiger partial charge is 0.618 e. The molecule has 0 bridgehead atoms. The Bertz CT molecular complexity index is 169. The van der Waals surface area contributed by atoms with Crippen molar-refractivity contribution in [2.45, 2.75) is 0 Å². The Kier molecular flexibility index (Phi) is 8.74. The second-order valence-electron chi connectivity index (χ2n) is 1.54. The van der Waals surface area contributed by atoms with Crippen molar-refractivity contribution >= 4 is 36.3 Å². The lowest BCUT2D eigenvalue weighted by Crippen LogP contribution is -1.78. The first-order valence-corrected chi connectivity index (χ1v) is 7.24. The molecule has 11 heavy (non-hydrogen) atoms. The van der Waals surface area contributed by atoms with Crippen molar-refractivity contribution in [2.24, 2.45) is 0 Å². The Morgan fingerprint density at radius 2 is 2.18 bits per heavy atom. The van der Waals surface area contributed by atoms with E-state index < -0.39 is 18.2 Å². The van der Waals surface area contributed by atoms with Gasteiger partial charge in [-0.2, -0.15) is 0 Å². The zero-order chi connectivity index (χ0) is 8.53. The lowest BCUT2D eigenvalue weighted by molar-refractivity contribution is 0.414. The minimum absolute atomic E-state index is 0.639. The van der Waals surface area contributed by atoms with Crippen LogP contribution in [-0.2, 0) is 0 Å². The summed E-state index contributed by atoms with van der Waals surface area (Å²) in [6.07, 6.45) is 0. The Morgan fingerprint density at radius 1 is 1.55 bits per heavy atom. The van der Waals surface area contributed by atoms with Crippen LogP contribution in [0.1, 0.15) is 0 Å². The third kappa shape index (κ3) is 6.75. The van der Waals surface area contributed by atoms with Gasteiger partial charge in [-0.05, 0) is 18.2 Å². The van der Waals surface area contributed by atoms with Crippen LogP contribution in [0, 0.1) is 6.07 Å². The smallest absolute Gasteiger partial charge is 0.497 e. The first-order valence-electron chi connectivity index (χ1n) is 2.97. The molecule has 0 aliphatic heterocycles. The van der Waals surface area contributed by atoms with E-state index in [9.17, 15) is 0 Å². The Hall–Kier alpha value is 0.366. The number of rotatable bonds is 1. The van der Waals surface area contributed by atoms with E-state index in [1.807, 2.05) is 18.2 Å². The molecule has 0 unspecified atom stereocenters. The fraction of sp³-hybridized carbons (Fsp3) is 0.143. The van der Waals surface area contributed by atoms with Crippen molar-refractivity contribution in [2.75, 3.05) is 7.11 Å². The van der Waals surface area contributed by atoms with Crippen LogP contribution >= 0.6 is 18.1 Å². The number of benzene rings is 1. The van der Waals surface area contributed by atoms with Gasteiger partial charge < -0.3 is 22.9 Å². The lowest BCUT2D eigenvalue weighted by Gasteiger charge is -1.93. The Balaban J connectivity index is 0.000000292. The van der Waals surface area contributed by atoms with Crippen LogP contribution in [0.15, 0.2) is 24.3 Å². The zero-order valence-corrected chi connectivity index (χ0v) is 9.11. The normalized spacial score (nSPS) is 7.18. The third-order valence-electron chi connectivity index (χ3n) is 0.914. The van der Waals surface area contributed by atoms with E-state index in [0.29, 0.717) is 0 Å². The first kappa shape index (κ1) is 11.4. The molecular weight excluding hydrogens is 195 g/mol. The van der Waals surface area contributed by atoms with Gasteiger partial charge in [0.25, 0.3) is 0 Å². The summed E-state index contributed by atoms with van der Waals surface area (Å²) in [4.78, 5) is 0. The molecule has 0 N–H and O–H groups in total. The average molecular weight is 202 g/mol. The maximum atomic E-state index is 4.90. The molecule has 4 heteroatoms. The predicted octanol–water partition coefficient (Wildman–Crippen LogP) is 2.49. The molecule has 1 nitrogen and oxygen atoms in total. The van der Waals surface area contributed by atoms with Gasteiger partial charge in [-0.1, -0.05) is 12.1 Å². The molecule has 0 saturated heterocycles. The Labute approximate surface area is 83.9 Å². The second kappa shape index (κ2) is 8.46. The molecule has 0 amide bonds. The van der Waals surface area contributed by atoms with Gasteiger partial charge in [-0.3, -0.25) is 0 Å². The van der Waals surface area contributed by atoms with Gasteiger partial charge in [0.1, 0.15) is 5.75 Å². The average Bonchev–Trinajstić information content (AvgIpc) is 2.08. The van der Waals surface area contributed by atoms with Crippen LogP contribution in [0.3, 0.4) is 0 Å². The highest BCUT2D eigenvalue weighted by Gasteiger charge is 1.80. The quantitative estimate of drug-likeness (QED) is 0.636. The molecule has 0 spiro atoms. The lowest BCUT2D eigenvalue weighted by atomic mass is 10.3. The number of methoxy groups -OCH3 is 1. The van der Waals surface area contributed by atoms with Crippen LogP contribution in [0.25, 0.3) is 0 Å². The Morgan fingerprint density at radius 3 is 2.45 bits per heavy atom. The topological polar surface area (TPSA) is 9.23 Å². The van der Waals surface area contributed by atoms with Gasteiger partial charge in [-0.25, -0.2) is 0 Å². The third-order valence-corrected chi connectivity index (χ3v) is 0.914. The van der Waals surface area contributed by atoms with Crippen LogP contribution in [0.4, 0.5) is 0 Å². The van der Waals surface area contributed by atoms with Crippen molar-refractivity contribution < 1.29 is 4.74 Å². The molecular formula is C7H7Cl2MgO. The highest BCUT2D eigenvalue weighted by molar-refractivity contribution is 7.22. The number of ether oxygens (including phenoxy) is 1. The van der Waals surface area contributed by atoms with Crippen molar-refractivity contribution in [3.8, 4) is 5.75 Å². The minimum Gasteiger partial charge on any atom is -0.497 e. The SMILES string of the molecule is COc1c[c]ccc1.[Cl][Mg][Cl]. The molecule has 0 saturated carbocycles. The summed E-state index contributed by atoms with van der Waals surface area (Å²) >= 11 is -0.639. The molecule has 0 atom stereocenters. The van der Waals surface area contributed by atoms with Gasteiger partial charge >= 0.3 is 18.2 Å². The molecule has 0 fully saturated rings. The van der Waals surface area contributed by atoms with Crippen molar-refractivity contribution in [1.82, 2.24) is 0 Å². The van der Waals surface area contributed by atoms with Gasteiger partial charge in [0.2, 0.25) is 0 Å². The fourth-order valence-electron chi connectivity index (χ4n) is 0.504. The van der Waals surface area contributed by atoms with Crippen molar-refractivity contribution in [3.05, 3.63) is 30.3 Å². The van der Waals surface area contributed by atoms with E-state index >= 15 is 0 Å². The van der Waals surface area contributed by atoms with E-state index in [0.717, 1.165) is 5.75 Å². The van der Waals surface area contributed by atoms with E-state index in [1.54, 1.807) is 13.2 Å². The van der Waals surface area contributed by atoms with Crippen LogP contribution < -0.4 is 4.74 Å². The van der Waals surface area contributed by atoms with Crippen LogP contribution in [0.5, 0.6) is 5.75 Å². The predicted molar refractivity (Wildman–Crippen MR) is 49.3 cm³/mol. The maximum absolute atomic E-state index is 4.90. The van der Waals surface area contributed by atoms with E-state index in [4.69, 9.17) is 22.9 Å². The number of hydrogen-bond acceptors (Lipinski definition) is 1. The van der Waals surface area contributed by atoms with E-state index in [-0.39, 0.29) is 0 Å². The summed E-state index contributed by atoms with van der Waals surface area (Å²) in [6.45, 7) is 0. The maximum Gasteiger partial charge on any atom is 0.618 e. The number of halogens is 2. The molecule has 1 radical (unpaired) electrons. The molecule has 1 aromatic carbocycles. The van der Waals surface area contributed by atoms with E-state index in [1.165, 1.54) is 0 Å². The summed E-state index contributed by atoms with van der Waals surface area (Å²) in [5.74, 6) is 0.854. The first-order chi connectivity index (χ1) is 5.35. The standard InChI is InChI=1S/C7H7O.2ClH.Mg/c1-8-7-5-3-2-4-6-7;;;/h2-3,5-6H,1H3;2*1H;/q;;;+2/p-2. The van der Waals surface area contributed by atoms with Gasteiger partial charge in [0, 0.05) is 0 Å². The van der Waals surface area contributed by atoms with Gasteiger partial charge in [0.05, 0.1) is 7.11 Å². The molecule has 1 rings (SSSR count). The zero-order valence-electron chi connectivity index (χ0n) is 6.18. The summed E-state index contributed by atoms with van der Waals surface area (Å²) < 4.78 is 4.88. The minimum atomic E-state index is -0.639. The molecule has 57 valence electrons. The van der Waals surface area contributed by atoms with Crippen molar-refractivity contribution in [3.63, 3.8) is 0 Å². The molecule has 0 aromatic heterocycles. The van der Waals surface area contributed by atoms with Crippen molar-refractivity contribution in [1.29, 1.82) is 0 Å². The molecule has 1 aromatic rings. The summed E-state index contributed by atoms with van der Waals surface area (Å²) in [5.41, 5.74) is 0.